The summed E-state index contributed by atoms with van der Waals surface area (Å²) >= 11 is 0. The molecule has 4 heteroatoms. The topological polar surface area (TPSA) is 43.4 Å². The maximum absolute atomic E-state index is 12.9. The third-order valence-corrected chi connectivity index (χ3v) is 4.69. The summed E-state index contributed by atoms with van der Waals surface area (Å²) in [4.78, 5) is 25.7. The van der Waals surface area contributed by atoms with E-state index in [9.17, 15) is 9.59 Å². The van der Waals surface area contributed by atoms with Crippen LogP contribution in [-0.4, -0.2) is 18.7 Å². The lowest BCUT2D eigenvalue weighted by Crippen LogP contribution is -2.23. The van der Waals surface area contributed by atoms with Crippen LogP contribution in [0.1, 0.15) is 55.8 Å². The number of rotatable bonds is 1. The number of methoxy groups -OCH3 is 1. The van der Waals surface area contributed by atoms with E-state index in [1.807, 2.05) is 12.1 Å². The van der Waals surface area contributed by atoms with E-state index in [0.717, 1.165) is 25.7 Å². The number of fused-ring (bicyclic) bond motifs is 3. The quantitative estimate of drug-likeness (QED) is 0.683. The highest BCUT2D eigenvalue weighted by Gasteiger charge is 2.33. The highest BCUT2D eigenvalue weighted by Crippen LogP contribution is 2.35. The van der Waals surface area contributed by atoms with Crippen LogP contribution in [0.2, 0.25) is 0 Å². The van der Waals surface area contributed by atoms with Crippen molar-refractivity contribution in [2.24, 2.45) is 0 Å². The zero-order valence-corrected chi connectivity index (χ0v) is 13.7. The predicted molar refractivity (Wildman–Crippen MR) is 90.2 cm³/mol. The first kappa shape index (κ1) is 15.8. The monoisotopic (exact) mass is 328 g/mol. The molecule has 0 unspecified atom stereocenters. The highest BCUT2D eigenvalue weighted by molar-refractivity contribution is 6.29. The summed E-state index contributed by atoms with van der Waals surface area (Å²) in [5, 5.41) is 0. The molecule has 3 nitrogen and oxygen atoms in total. The lowest BCUT2D eigenvalue weighted by Gasteiger charge is -2.23. The van der Waals surface area contributed by atoms with Crippen molar-refractivity contribution in [2.45, 2.75) is 25.7 Å². The molecule has 2 aliphatic rings. The van der Waals surface area contributed by atoms with Crippen LogP contribution in [0.4, 0.5) is 0 Å². The van der Waals surface area contributed by atoms with E-state index in [-0.39, 0.29) is 24.0 Å². The first-order chi connectivity index (χ1) is 10.7. The molecule has 0 aliphatic heterocycles. The van der Waals surface area contributed by atoms with E-state index in [1.165, 1.54) is 18.2 Å². The number of ketones is 2. The molecule has 0 saturated heterocycles. The summed E-state index contributed by atoms with van der Waals surface area (Å²) in [6, 6.07) is 9.06. The van der Waals surface area contributed by atoms with Gasteiger partial charge in [-0.05, 0) is 55.0 Å². The number of aryl methyl sites for hydroxylation is 2. The average molecular weight is 329 g/mol. The van der Waals surface area contributed by atoms with Crippen LogP contribution in [0.15, 0.2) is 30.3 Å². The molecule has 23 heavy (non-hydrogen) atoms. The second-order valence-corrected chi connectivity index (χ2v) is 5.91. The van der Waals surface area contributed by atoms with Crippen molar-refractivity contribution in [2.75, 3.05) is 7.11 Å². The molecule has 2 aromatic rings. The van der Waals surface area contributed by atoms with Gasteiger partial charge in [-0.1, -0.05) is 12.1 Å². The minimum atomic E-state index is -0.101. The number of hydrogen-bond donors (Lipinski definition) is 0. The molecular weight excluding hydrogens is 312 g/mol. The van der Waals surface area contributed by atoms with Crippen LogP contribution < -0.4 is 4.74 Å². The average Bonchev–Trinajstić information content (AvgIpc) is 2.57. The lowest BCUT2D eigenvalue weighted by atomic mass is 9.79. The van der Waals surface area contributed by atoms with Crippen molar-refractivity contribution < 1.29 is 14.3 Å². The van der Waals surface area contributed by atoms with Gasteiger partial charge in [0.15, 0.2) is 11.6 Å². The van der Waals surface area contributed by atoms with Crippen LogP contribution in [0, 0.1) is 0 Å². The third-order valence-electron chi connectivity index (χ3n) is 4.69. The lowest BCUT2D eigenvalue weighted by molar-refractivity contribution is 0.0976. The van der Waals surface area contributed by atoms with Gasteiger partial charge in [-0.25, -0.2) is 0 Å². The molecule has 2 aliphatic carbocycles. The summed E-state index contributed by atoms with van der Waals surface area (Å²) in [5.74, 6) is 0.298. The number of carbonyl (C=O) groups excluding carboxylic acids is 2. The predicted octanol–water partition coefficient (Wildman–Crippen LogP) is 3.77. The molecule has 0 heterocycles. The Morgan fingerprint density at radius 3 is 2.09 bits per heavy atom. The molecule has 0 aromatic heterocycles. The van der Waals surface area contributed by atoms with Gasteiger partial charge in [0.05, 0.1) is 12.7 Å². The van der Waals surface area contributed by atoms with Crippen LogP contribution in [0.3, 0.4) is 0 Å². The Morgan fingerprint density at radius 1 is 0.870 bits per heavy atom. The SMILES string of the molecule is COc1cccc2c1C(=O)c1cc3c(cc1C2=O)CCCC3.Cl. The van der Waals surface area contributed by atoms with Crippen LogP contribution >= 0.6 is 12.4 Å². The Kier molecular flexibility index (Phi) is 3.99. The fourth-order valence-electron chi connectivity index (χ4n) is 3.57. The van der Waals surface area contributed by atoms with Gasteiger partial charge in [0, 0.05) is 16.7 Å². The number of hydrogen-bond acceptors (Lipinski definition) is 3. The van der Waals surface area contributed by atoms with Gasteiger partial charge < -0.3 is 4.74 Å². The van der Waals surface area contributed by atoms with Crippen molar-refractivity contribution in [3.63, 3.8) is 0 Å². The number of ether oxygens (including phenoxy) is 1. The van der Waals surface area contributed by atoms with Gasteiger partial charge in [-0.3, -0.25) is 9.59 Å². The van der Waals surface area contributed by atoms with Gasteiger partial charge in [0.25, 0.3) is 0 Å². The van der Waals surface area contributed by atoms with Crippen molar-refractivity contribution in [1.82, 2.24) is 0 Å². The van der Waals surface area contributed by atoms with Crippen LogP contribution in [0.5, 0.6) is 5.75 Å². The Balaban J connectivity index is 0.00000156. The largest absolute Gasteiger partial charge is 0.496 e. The molecule has 0 saturated carbocycles. The Hall–Kier alpha value is -2.13. The second kappa shape index (κ2) is 5.82. The normalized spacial score (nSPS) is 15.2. The van der Waals surface area contributed by atoms with Crippen LogP contribution in [-0.2, 0) is 12.8 Å². The van der Waals surface area contributed by atoms with Gasteiger partial charge in [-0.15, -0.1) is 12.4 Å². The zero-order valence-electron chi connectivity index (χ0n) is 12.8. The molecule has 2 aromatic carbocycles. The van der Waals surface area contributed by atoms with Crippen molar-refractivity contribution >= 4 is 24.0 Å². The minimum Gasteiger partial charge on any atom is -0.496 e. The van der Waals surface area contributed by atoms with E-state index in [0.29, 0.717) is 28.0 Å². The molecule has 0 spiro atoms. The zero-order chi connectivity index (χ0) is 15.3. The fraction of sp³-hybridized carbons (Fsp3) is 0.263. The third kappa shape index (κ3) is 2.27. The number of carbonyl (C=O) groups is 2. The van der Waals surface area contributed by atoms with Crippen molar-refractivity contribution in [3.05, 3.63) is 63.7 Å². The Bertz CT molecular complexity index is 824. The first-order valence-corrected chi connectivity index (χ1v) is 7.63. The standard InChI is InChI=1S/C19H16O3.ClH/c1-22-16-8-4-7-13-17(16)19(21)15-10-12-6-3-2-5-11(12)9-14(15)18(13)20;/h4,7-10H,2-3,5-6H2,1H3;1H. The van der Waals surface area contributed by atoms with Gasteiger partial charge in [-0.2, -0.15) is 0 Å². The van der Waals surface area contributed by atoms with Crippen molar-refractivity contribution in [1.29, 1.82) is 0 Å². The maximum atomic E-state index is 12.9. The molecule has 4 rings (SSSR count). The maximum Gasteiger partial charge on any atom is 0.198 e. The Morgan fingerprint density at radius 2 is 1.48 bits per heavy atom. The minimum absolute atomic E-state index is 0. The molecular formula is C19H17ClO3. The first-order valence-electron chi connectivity index (χ1n) is 7.63. The van der Waals surface area contributed by atoms with E-state index in [1.54, 1.807) is 18.2 Å². The summed E-state index contributed by atoms with van der Waals surface area (Å²) in [7, 11) is 1.52. The van der Waals surface area contributed by atoms with Gasteiger partial charge >= 0.3 is 0 Å². The molecule has 0 fully saturated rings. The molecule has 0 N–H and O–H groups in total. The molecule has 0 atom stereocenters. The van der Waals surface area contributed by atoms with E-state index in [4.69, 9.17) is 4.74 Å². The number of halogens is 1. The molecule has 0 amide bonds. The van der Waals surface area contributed by atoms with E-state index < -0.39 is 0 Å². The number of benzene rings is 2. The summed E-state index contributed by atoms with van der Waals surface area (Å²) < 4.78 is 5.29. The summed E-state index contributed by atoms with van der Waals surface area (Å²) in [5.41, 5.74) is 4.36. The van der Waals surface area contributed by atoms with Crippen molar-refractivity contribution in [3.8, 4) is 5.75 Å². The molecule has 118 valence electrons. The highest BCUT2D eigenvalue weighted by atomic mass is 35.5. The smallest absolute Gasteiger partial charge is 0.198 e. The fourth-order valence-corrected chi connectivity index (χ4v) is 3.57. The summed E-state index contributed by atoms with van der Waals surface area (Å²) in [6.07, 6.45) is 4.28. The van der Waals surface area contributed by atoms with Crippen LogP contribution in [0.25, 0.3) is 0 Å². The molecule has 0 radical (unpaired) electrons. The Labute approximate surface area is 141 Å². The van der Waals surface area contributed by atoms with Gasteiger partial charge in [0.2, 0.25) is 0 Å². The molecule has 0 bridgehead atoms. The summed E-state index contributed by atoms with van der Waals surface area (Å²) in [6.45, 7) is 0. The van der Waals surface area contributed by atoms with Gasteiger partial charge in [0.1, 0.15) is 5.75 Å². The van der Waals surface area contributed by atoms with E-state index >= 15 is 0 Å². The second-order valence-electron chi connectivity index (χ2n) is 5.91. The van der Waals surface area contributed by atoms with E-state index in [2.05, 4.69) is 0 Å².